The van der Waals surface area contributed by atoms with Crippen LogP contribution in [-0.4, -0.2) is 12.1 Å². The van der Waals surface area contributed by atoms with Crippen LogP contribution in [0.1, 0.15) is 34.6 Å². The van der Waals surface area contributed by atoms with Crippen molar-refractivity contribution in [2.24, 2.45) is 5.73 Å². The highest BCUT2D eigenvalue weighted by atomic mass is 32.1. The van der Waals surface area contributed by atoms with Gasteiger partial charge in [0.05, 0.1) is 13.2 Å². The molecule has 3 rings (SSSR count). The number of hydrogen-bond acceptors (Lipinski definition) is 3. The summed E-state index contributed by atoms with van der Waals surface area (Å²) in [7, 11) is 0. The van der Waals surface area contributed by atoms with Crippen molar-refractivity contribution in [2.45, 2.75) is 44.2 Å². The zero-order valence-electron chi connectivity index (χ0n) is 8.92. The van der Waals surface area contributed by atoms with E-state index in [2.05, 4.69) is 6.07 Å². The van der Waals surface area contributed by atoms with E-state index in [1.54, 1.807) is 0 Å². The zero-order valence-corrected chi connectivity index (χ0v) is 9.74. The summed E-state index contributed by atoms with van der Waals surface area (Å²) in [6, 6.07) is 2.32. The van der Waals surface area contributed by atoms with Crippen LogP contribution < -0.4 is 5.73 Å². The Kier molecular flexibility index (Phi) is 2.34. The van der Waals surface area contributed by atoms with Crippen LogP contribution in [0.3, 0.4) is 0 Å². The highest BCUT2D eigenvalue weighted by molar-refractivity contribution is 7.12. The fourth-order valence-electron chi connectivity index (χ4n) is 2.11. The first-order valence-electron chi connectivity index (χ1n) is 5.72. The molecule has 2 N–H and O–H groups in total. The maximum Gasteiger partial charge on any atom is 0.0727 e. The average molecular weight is 223 g/mol. The van der Waals surface area contributed by atoms with Crippen molar-refractivity contribution in [2.75, 3.05) is 6.61 Å². The second-order valence-electron chi connectivity index (χ2n) is 4.83. The van der Waals surface area contributed by atoms with Gasteiger partial charge in [0.25, 0.3) is 0 Å². The molecule has 1 aliphatic heterocycles. The number of nitrogens with two attached hydrogens (primary N) is 1. The van der Waals surface area contributed by atoms with Crippen LogP contribution in [0.5, 0.6) is 0 Å². The predicted molar refractivity (Wildman–Crippen MR) is 62.2 cm³/mol. The van der Waals surface area contributed by atoms with Crippen molar-refractivity contribution >= 4 is 11.3 Å². The second kappa shape index (κ2) is 3.58. The lowest BCUT2D eigenvalue weighted by Gasteiger charge is -2.10. The number of thiophene rings is 1. The van der Waals surface area contributed by atoms with Gasteiger partial charge in [0.15, 0.2) is 0 Å². The van der Waals surface area contributed by atoms with E-state index in [1.807, 2.05) is 11.3 Å². The molecule has 1 aromatic heterocycles. The van der Waals surface area contributed by atoms with Crippen molar-refractivity contribution in [1.29, 1.82) is 0 Å². The molecular formula is C12H17NOS. The maximum absolute atomic E-state index is 6.10. The van der Waals surface area contributed by atoms with E-state index in [-0.39, 0.29) is 5.54 Å². The standard InChI is InChI=1S/C12H17NOS/c13-12(4-5-12)3-1-10-7-9-8-14-6-2-11(9)15-10/h7H,1-6,8,13H2. The third-order valence-electron chi connectivity index (χ3n) is 3.44. The smallest absolute Gasteiger partial charge is 0.0727 e. The minimum absolute atomic E-state index is 0.195. The third kappa shape index (κ3) is 2.10. The number of fused-ring (bicyclic) bond motifs is 1. The van der Waals surface area contributed by atoms with Crippen LogP contribution in [0.2, 0.25) is 0 Å². The molecule has 0 amide bonds. The first-order valence-corrected chi connectivity index (χ1v) is 6.54. The number of aryl methyl sites for hydroxylation is 1. The summed E-state index contributed by atoms with van der Waals surface area (Å²) in [5, 5.41) is 0. The van der Waals surface area contributed by atoms with Gasteiger partial charge >= 0.3 is 0 Å². The molecule has 15 heavy (non-hydrogen) atoms. The average Bonchev–Trinajstić information content (AvgIpc) is 2.83. The van der Waals surface area contributed by atoms with E-state index in [0.717, 1.165) is 32.5 Å². The van der Waals surface area contributed by atoms with E-state index in [4.69, 9.17) is 10.5 Å². The Balaban J connectivity index is 1.67. The molecule has 0 atom stereocenters. The maximum atomic E-state index is 6.10. The van der Waals surface area contributed by atoms with Gasteiger partial charge in [0.1, 0.15) is 0 Å². The Bertz CT molecular complexity index is 344. The molecule has 1 fully saturated rings. The van der Waals surface area contributed by atoms with Gasteiger partial charge in [-0.25, -0.2) is 0 Å². The first-order chi connectivity index (χ1) is 7.25. The molecule has 0 bridgehead atoms. The van der Waals surface area contributed by atoms with Crippen LogP contribution in [0, 0.1) is 0 Å². The summed E-state index contributed by atoms with van der Waals surface area (Å²) >= 11 is 1.97. The fourth-order valence-corrected chi connectivity index (χ4v) is 3.27. The molecule has 1 aromatic rings. The first kappa shape index (κ1) is 9.82. The molecule has 2 nitrogen and oxygen atoms in total. The summed E-state index contributed by atoms with van der Waals surface area (Å²) in [6.07, 6.45) is 5.87. The van der Waals surface area contributed by atoms with Crippen LogP contribution >= 0.6 is 11.3 Å². The molecule has 0 radical (unpaired) electrons. The van der Waals surface area contributed by atoms with Gasteiger partial charge in [-0.3, -0.25) is 0 Å². The lowest BCUT2D eigenvalue weighted by Crippen LogP contribution is -2.21. The number of ether oxygens (including phenoxy) is 1. The molecule has 3 heteroatoms. The van der Waals surface area contributed by atoms with E-state index >= 15 is 0 Å². The molecule has 0 spiro atoms. The van der Waals surface area contributed by atoms with Crippen LogP contribution in [-0.2, 0) is 24.2 Å². The Morgan fingerprint density at radius 2 is 2.33 bits per heavy atom. The van der Waals surface area contributed by atoms with E-state index < -0.39 is 0 Å². The molecule has 2 heterocycles. The summed E-state index contributed by atoms with van der Waals surface area (Å²) in [5.74, 6) is 0. The number of rotatable bonds is 3. The van der Waals surface area contributed by atoms with E-state index in [0.29, 0.717) is 0 Å². The molecule has 0 aromatic carbocycles. The molecule has 1 aliphatic carbocycles. The van der Waals surface area contributed by atoms with Crippen LogP contribution in [0.25, 0.3) is 0 Å². The largest absolute Gasteiger partial charge is 0.376 e. The van der Waals surface area contributed by atoms with Gasteiger partial charge in [-0.1, -0.05) is 0 Å². The molecule has 0 saturated heterocycles. The third-order valence-corrected chi connectivity index (χ3v) is 4.74. The van der Waals surface area contributed by atoms with Gasteiger partial charge in [0.2, 0.25) is 0 Å². The lowest BCUT2D eigenvalue weighted by molar-refractivity contribution is 0.112. The summed E-state index contributed by atoms with van der Waals surface area (Å²) in [5.41, 5.74) is 7.71. The van der Waals surface area contributed by atoms with Crippen molar-refractivity contribution in [3.63, 3.8) is 0 Å². The van der Waals surface area contributed by atoms with Gasteiger partial charge in [0, 0.05) is 21.7 Å². The van der Waals surface area contributed by atoms with Crippen molar-refractivity contribution in [1.82, 2.24) is 0 Å². The highest BCUT2D eigenvalue weighted by Gasteiger charge is 2.37. The zero-order chi connectivity index (χ0) is 10.3. The van der Waals surface area contributed by atoms with Gasteiger partial charge in [-0.15, -0.1) is 11.3 Å². The molecule has 1 saturated carbocycles. The monoisotopic (exact) mass is 223 g/mol. The van der Waals surface area contributed by atoms with Gasteiger partial charge in [-0.2, -0.15) is 0 Å². The Morgan fingerprint density at radius 1 is 1.47 bits per heavy atom. The lowest BCUT2D eigenvalue weighted by atomic mass is 10.1. The molecule has 2 aliphatic rings. The number of hydrogen-bond donors (Lipinski definition) is 1. The minimum atomic E-state index is 0.195. The summed E-state index contributed by atoms with van der Waals surface area (Å²) < 4.78 is 5.45. The van der Waals surface area contributed by atoms with Crippen LogP contribution in [0.4, 0.5) is 0 Å². The minimum Gasteiger partial charge on any atom is -0.376 e. The van der Waals surface area contributed by atoms with E-state index in [9.17, 15) is 0 Å². The quantitative estimate of drug-likeness (QED) is 0.853. The van der Waals surface area contributed by atoms with Crippen LogP contribution in [0.15, 0.2) is 6.07 Å². The van der Waals surface area contributed by atoms with Gasteiger partial charge in [-0.05, 0) is 37.3 Å². The van der Waals surface area contributed by atoms with Crippen molar-refractivity contribution in [3.8, 4) is 0 Å². The van der Waals surface area contributed by atoms with E-state index in [1.165, 1.54) is 28.2 Å². The SMILES string of the molecule is NC1(CCc2cc3c(s2)CCOC3)CC1. The topological polar surface area (TPSA) is 35.2 Å². The Morgan fingerprint density at radius 3 is 3.07 bits per heavy atom. The van der Waals surface area contributed by atoms with Gasteiger partial charge < -0.3 is 10.5 Å². The molecular weight excluding hydrogens is 206 g/mol. The summed E-state index contributed by atoms with van der Waals surface area (Å²) in [4.78, 5) is 3.04. The molecule has 0 unspecified atom stereocenters. The Hall–Kier alpha value is -0.380. The predicted octanol–water partition coefficient (Wildman–Crippen LogP) is 2.24. The highest BCUT2D eigenvalue weighted by Crippen LogP contribution is 2.37. The molecule has 82 valence electrons. The second-order valence-corrected chi connectivity index (χ2v) is 6.05. The fraction of sp³-hybridized carbons (Fsp3) is 0.667. The van der Waals surface area contributed by atoms with Crippen molar-refractivity contribution in [3.05, 3.63) is 21.4 Å². The normalized spacial score (nSPS) is 22.5. The Labute approximate surface area is 94.4 Å². The van der Waals surface area contributed by atoms with Crippen molar-refractivity contribution < 1.29 is 4.74 Å². The summed E-state index contributed by atoms with van der Waals surface area (Å²) in [6.45, 7) is 1.72.